The zero-order chi connectivity index (χ0) is 22.7. The Morgan fingerprint density at radius 1 is 1.24 bits per heavy atom. The summed E-state index contributed by atoms with van der Waals surface area (Å²) in [6, 6.07) is 4.19. The van der Waals surface area contributed by atoms with Gasteiger partial charge in [0.25, 0.3) is 0 Å². The van der Waals surface area contributed by atoms with Crippen molar-refractivity contribution in [3.05, 3.63) is 40.6 Å². The van der Waals surface area contributed by atoms with E-state index >= 15 is 0 Å². The predicted octanol–water partition coefficient (Wildman–Crippen LogP) is 4.82. The van der Waals surface area contributed by atoms with Gasteiger partial charge in [-0.15, -0.1) is 11.3 Å². The molecule has 0 saturated carbocycles. The Hall–Kier alpha value is -3.01. The third kappa shape index (κ3) is 3.22. The SMILES string of the molecule is Cc1nn(C)c(-c2csc3c(N4CCOC[C@H]4C)nc(-c4ccnc5[nH]ccc45)nc23)c1Cl. The number of aromatic amines is 1. The lowest BCUT2D eigenvalue weighted by Crippen LogP contribution is -2.44. The lowest BCUT2D eigenvalue weighted by molar-refractivity contribution is 0.0987. The Morgan fingerprint density at radius 3 is 2.91 bits per heavy atom. The van der Waals surface area contributed by atoms with Gasteiger partial charge in [0.15, 0.2) is 11.6 Å². The standard InChI is InChI=1S/C23H22ClN7OS/c1-12-10-32-9-8-31(12)23-20-18(16(11-33-20)19-17(24)13(2)29-30(19)3)27-22(28-23)15-5-7-26-21-14(15)4-6-25-21/h4-7,11-12H,8-10H2,1-3H3,(H,25,26)/t12-/m1/s1. The first-order chi connectivity index (χ1) is 16.0. The molecule has 1 N–H and O–H groups in total. The molecule has 1 saturated heterocycles. The third-order valence-electron chi connectivity index (χ3n) is 6.14. The van der Waals surface area contributed by atoms with E-state index < -0.39 is 0 Å². The fraction of sp³-hybridized carbons (Fsp3) is 0.304. The molecule has 0 unspecified atom stereocenters. The Bertz CT molecular complexity index is 1500. The number of fused-ring (bicyclic) bond motifs is 2. The van der Waals surface area contributed by atoms with Crippen LogP contribution in [0.15, 0.2) is 29.9 Å². The van der Waals surface area contributed by atoms with Crippen molar-refractivity contribution < 1.29 is 4.74 Å². The van der Waals surface area contributed by atoms with Crippen LogP contribution in [0.4, 0.5) is 5.82 Å². The van der Waals surface area contributed by atoms with Gasteiger partial charge >= 0.3 is 0 Å². The van der Waals surface area contributed by atoms with E-state index in [1.807, 2.05) is 37.0 Å². The summed E-state index contributed by atoms with van der Waals surface area (Å²) in [6.45, 7) is 6.21. The van der Waals surface area contributed by atoms with Gasteiger partial charge in [0.1, 0.15) is 5.65 Å². The van der Waals surface area contributed by atoms with Crippen molar-refractivity contribution in [1.29, 1.82) is 0 Å². The Kier molecular flexibility index (Phi) is 4.86. The molecular weight excluding hydrogens is 458 g/mol. The van der Waals surface area contributed by atoms with E-state index in [2.05, 4.69) is 32.3 Å². The average Bonchev–Trinajstić information content (AvgIpc) is 3.51. The van der Waals surface area contributed by atoms with Crippen molar-refractivity contribution in [3.63, 3.8) is 0 Å². The monoisotopic (exact) mass is 479 g/mol. The number of hydrogen-bond acceptors (Lipinski definition) is 7. The highest BCUT2D eigenvalue weighted by atomic mass is 35.5. The van der Waals surface area contributed by atoms with E-state index in [4.69, 9.17) is 26.3 Å². The van der Waals surface area contributed by atoms with E-state index in [9.17, 15) is 0 Å². The number of rotatable bonds is 3. The van der Waals surface area contributed by atoms with Crippen LogP contribution >= 0.6 is 22.9 Å². The molecule has 0 spiro atoms. The molecule has 1 aliphatic rings. The van der Waals surface area contributed by atoms with Crippen LogP contribution in [0, 0.1) is 6.92 Å². The number of H-pyrrole nitrogens is 1. The molecule has 10 heteroatoms. The molecule has 0 bridgehead atoms. The van der Waals surface area contributed by atoms with Crippen LogP contribution < -0.4 is 4.90 Å². The number of morpholine rings is 1. The minimum atomic E-state index is 0.211. The van der Waals surface area contributed by atoms with Crippen molar-refractivity contribution in [1.82, 2.24) is 29.7 Å². The van der Waals surface area contributed by atoms with Crippen molar-refractivity contribution in [2.75, 3.05) is 24.7 Å². The maximum Gasteiger partial charge on any atom is 0.163 e. The molecule has 6 rings (SSSR count). The molecule has 1 aliphatic heterocycles. The first kappa shape index (κ1) is 20.6. The summed E-state index contributed by atoms with van der Waals surface area (Å²) in [5, 5.41) is 8.27. The fourth-order valence-electron chi connectivity index (χ4n) is 4.51. The molecule has 33 heavy (non-hydrogen) atoms. The lowest BCUT2D eigenvalue weighted by atomic mass is 10.1. The number of anilines is 1. The smallest absolute Gasteiger partial charge is 0.163 e. The first-order valence-electron chi connectivity index (χ1n) is 10.8. The third-order valence-corrected chi connectivity index (χ3v) is 7.56. The topological polar surface area (TPSA) is 84.8 Å². The minimum Gasteiger partial charge on any atom is -0.377 e. The molecule has 168 valence electrons. The Labute approximate surface area is 199 Å². The zero-order valence-corrected chi connectivity index (χ0v) is 20.0. The zero-order valence-electron chi connectivity index (χ0n) is 18.5. The van der Waals surface area contributed by atoms with E-state index in [1.165, 1.54) is 0 Å². The molecular formula is C23H22ClN7OS. The van der Waals surface area contributed by atoms with Gasteiger partial charge in [-0.1, -0.05) is 11.6 Å². The molecule has 8 nitrogen and oxygen atoms in total. The van der Waals surface area contributed by atoms with Crippen molar-refractivity contribution in [2.45, 2.75) is 19.9 Å². The number of halogens is 1. The van der Waals surface area contributed by atoms with Crippen molar-refractivity contribution in [3.8, 4) is 22.6 Å². The van der Waals surface area contributed by atoms with E-state index in [0.717, 1.165) is 56.1 Å². The lowest BCUT2D eigenvalue weighted by Gasteiger charge is -2.34. The molecule has 0 aliphatic carbocycles. The van der Waals surface area contributed by atoms with Gasteiger partial charge in [-0.05, 0) is 26.0 Å². The van der Waals surface area contributed by atoms with Gasteiger partial charge in [-0.25, -0.2) is 15.0 Å². The summed E-state index contributed by atoms with van der Waals surface area (Å²) >= 11 is 8.32. The van der Waals surface area contributed by atoms with Gasteiger partial charge < -0.3 is 14.6 Å². The summed E-state index contributed by atoms with van der Waals surface area (Å²) in [4.78, 5) is 20.1. The van der Waals surface area contributed by atoms with Crippen LogP contribution in [0.5, 0.6) is 0 Å². The molecule has 5 aromatic rings. The summed E-state index contributed by atoms with van der Waals surface area (Å²) in [5.41, 5.74) is 5.26. The predicted molar refractivity (Wildman–Crippen MR) is 132 cm³/mol. The van der Waals surface area contributed by atoms with Gasteiger partial charge in [-0.3, -0.25) is 4.68 Å². The van der Waals surface area contributed by atoms with Crippen LogP contribution in [-0.4, -0.2) is 55.5 Å². The van der Waals surface area contributed by atoms with Gasteiger partial charge in [0.2, 0.25) is 0 Å². The Balaban J connectivity index is 1.65. The maximum absolute atomic E-state index is 6.68. The van der Waals surface area contributed by atoms with Crippen molar-refractivity contribution in [2.24, 2.45) is 7.05 Å². The number of thiophene rings is 1. The molecule has 5 aromatic heterocycles. The van der Waals surface area contributed by atoms with E-state index in [1.54, 1.807) is 17.5 Å². The van der Waals surface area contributed by atoms with Crippen LogP contribution in [0.3, 0.4) is 0 Å². The van der Waals surface area contributed by atoms with Gasteiger partial charge in [-0.2, -0.15) is 5.10 Å². The van der Waals surface area contributed by atoms with Crippen LogP contribution in [0.25, 0.3) is 43.9 Å². The molecule has 0 aromatic carbocycles. The highest BCUT2D eigenvalue weighted by Crippen LogP contribution is 2.42. The minimum absolute atomic E-state index is 0.211. The molecule has 0 radical (unpaired) electrons. The highest BCUT2D eigenvalue weighted by molar-refractivity contribution is 7.18. The number of aromatic nitrogens is 6. The first-order valence-corrected chi connectivity index (χ1v) is 12.0. The Morgan fingerprint density at radius 2 is 2.12 bits per heavy atom. The normalized spacial score (nSPS) is 16.8. The number of hydrogen-bond donors (Lipinski definition) is 1. The quantitative estimate of drug-likeness (QED) is 0.399. The number of nitrogens with zero attached hydrogens (tertiary/aromatic N) is 6. The van der Waals surface area contributed by atoms with Crippen LogP contribution in [0.2, 0.25) is 5.02 Å². The maximum atomic E-state index is 6.68. The summed E-state index contributed by atoms with van der Waals surface area (Å²) in [5.74, 6) is 1.59. The molecule has 0 amide bonds. The van der Waals surface area contributed by atoms with Crippen LogP contribution in [-0.2, 0) is 11.8 Å². The summed E-state index contributed by atoms with van der Waals surface area (Å²) < 4.78 is 8.56. The number of ether oxygens (including phenoxy) is 1. The summed E-state index contributed by atoms with van der Waals surface area (Å²) in [7, 11) is 1.91. The molecule has 1 fully saturated rings. The van der Waals surface area contributed by atoms with Crippen LogP contribution in [0.1, 0.15) is 12.6 Å². The number of pyridine rings is 1. The van der Waals surface area contributed by atoms with E-state index in [0.29, 0.717) is 24.1 Å². The second kappa shape index (κ2) is 7.79. The average molecular weight is 480 g/mol. The fourth-order valence-corrected chi connectivity index (χ4v) is 5.77. The second-order valence-corrected chi connectivity index (χ2v) is 9.54. The molecule has 1 atom stereocenters. The van der Waals surface area contributed by atoms with E-state index in [-0.39, 0.29) is 6.04 Å². The van der Waals surface area contributed by atoms with Crippen molar-refractivity contribution >= 4 is 50.0 Å². The molecule has 6 heterocycles. The second-order valence-electron chi connectivity index (χ2n) is 8.29. The highest BCUT2D eigenvalue weighted by Gasteiger charge is 2.27. The van der Waals surface area contributed by atoms with Gasteiger partial charge in [0, 0.05) is 47.9 Å². The largest absolute Gasteiger partial charge is 0.377 e. The number of aryl methyl sites for hydroxylation is 2. The van der Waals surface area contributed by atoms with Gasteiger partial charge in [0.05, 0.1) is 45.9 Å². The summed E-state index contributed by atoms with van der Waals surface area (Å²) in [6.07, 6.45) is 3.67. The number of nitrogens with one attached hydrogen (secondary N) is 1.